The van der Waals surface area contributed by atoms with Gasteiger partial charge in [-0.3, -0.25) is 19.5 Å². The number of hydrogen-bond donors (Lipinski definition) is 1. The van der Waals surface area contributed by atoms with Crippen LogP contribution in [0.3, 0.4) is 0 Å². The van der Waals surface area contributed by atoms with E-state index in [1.54, 1.807) is 17.5 Å². The molecule has 2 aromatic rings. The Morgan fingerprint density at radius 1 is 1.09 bits per heavy atom. The van der Waals surface area contributed by atoms with Crippen LogP contribution < -0.4 is 5.32 Å². The first kappa shape index (κ1) is 24.0. The summed E-state index contributed by atoms with van der Waals surface area (Å²) < 4.78 is 0. The number of nitrogens with zero attached hydrogens (tertiary/aromatic N) is 3. The molecule has 0 bridgehead atoms. The zero-order valence-corrected chi connectivity index (χ0v) is 21.0. The highest BCUT2D eigenvalue weighted by molar-refractivity contribution is 7.09. The summed E-state index contributed by atoms with van der Waals surface area (Å²) in [6.07, 6.45) is 10.4. The third-order valence-electron chi connectivity index (χ3n) is 8.06. The topological polar surface area (TPSA) is 82.6 Å². The SMILES string of the molecule is O=C(CCC1CCCC1)N1CCC(C2(c3ccccn3)NC(=O)N(CCc3cccs3)C2=O)CC1. The molecule has 35 heavy (non-hydrogen) atoms. The summed E-state index contributed by atoms with van der Waals surface area (Å²) in [5.74, 6) is 0.597. The van der Waals surface area contributed by atoms with Crippen LogP contribution >= 0.6 is 11.3 Å². The monoisotopic (exact) mass is 494 g/mol. The Kier molecular flexibility index (Phi) is 7.18. The van der Waals surface area contributed by atoms with E-state index in [0.717, 1.165) is 11.3 Å². The number of aromatic nitrogens is 1. The number of pyridine rings is 1. The molecule has 2 saturated heterocycles. The minimum atomic E-state index is -1.17. The Balaban J connectivity index is 1.29. The van der Waals surface area contributed by atoms with Gasteiger partial charge in [0.1, 0.15) is 0 Å². The van der Waals surface area contributed by atoms with Gasteiger partial charge in [0.2, 0.25) is 5.91 Å². The molecule has 3 fully saturated rings. The molecule has 1 N–H and O–H groups in total. The van der Waals surface area contributed by atoms with Gasteiger partial charge >= 0.3 is 6.03 Å². The Labute approximate surface area is 210 Å². The van der Waals surface area contributed by atoms with Crippen LogP contribution in [0.1, 0.15) is 61.9 Å². The molecule has 1 aliphatic carbocycles. The van der Waals surface area contributed by atoms with Gasteiger partial charge in [-0.2, -0.15) is 0 Å². The van der Waals surface area contributed by atoms with Crippen LogP contribution in [-0.2, 0) is 21.5 Å². The van der Waals surface area contributed by atoms with Gasteiger partial charge < -0.3 is 10.2 Å². The Bertz CT molecular complexity index is 1030. The van der Waals surface area contributed by atoms with Gasteiger partial charge in [-0.25, -0.2) is 4.79 Å². The van der Waals surface area contributed by atoms with Crippen molar-refractivity contribution in [1.29, 1.82) is 0 Å². The number of rotatable bonds is 8. The van der Waals surface area contributed by atoms with Crippen LogP contribution in [0.2, 0.25) is 0 Å². The lowest BCUT2D eigenvalue weighted by atomic mass is 9.75. The summed E-state index contributed by atoms with van der Waals surface area (Å²) in [7, 11) is 0. The maximum Gasteiger partial charge on any atom is 0.325 e. The van der Waals surface area contributed by atoms with E-state index in [1.165, 1.54) is 30.6 Å². The summed E-state index contributed by atoms with van der Waals surface area (Å²) in [6.45, 7) is 1.57. The molecule has 0 spiro atoms. The fourth-order valence-corrected chi connectivity index (χ4v) is 6.77. The van der Waals surface area contributed by atoms with E-state index in [9.17, 15) is 14.4 Å². The lowest BCUT2D eigenvalue weighted by Gasteiger charge is -2.40. The summed E-state index contributed by atoms with van der Waals surface area (Å²) in [5.41, 5.74) is -0.588. The number of amides is 4. The maximum atomic E-state index is 13.9. The summed E-state index contributed by atoms with van der Waals surface area (Å²) in [4.78, 5) is 48.8. The number of piperidine rings is 1. The molecule has 2 aromatic heterocycles. The highest BCUT2D eigenvalue weighted by Crippen LogP contribution is 2.41. The van der Waals surface area contributed by atoms with Crippen molar-refractivity contribution in [3.05, 3.63) is 52.5 Å². The molecular formula is C27H34N4O3S. The summed E-state index contributed by atoms with van der Waals surface area (Å²) in [5, 5.41) is 5.07. The Morgan fingerprint density at radius 3 is 2.57 bits per heavy atom. The highest BCUT2D eigenvalue weighted by Gasteiger charge is 2.58. The van der Waals surface area contributed by atoms with E-state index in [1.807, 2.05) is 40.6 Å². The number of carbonyl (C=O) groups excluding carboxylic acids is 3. The van der Waals surface area contributed by atoms with Gasteiger partial charge in [0.25, 0.3) is 5.91 Å². The predicted octanol–water partition coefficient (Wildman–Crippen LogP) is 4.34. The fourth-order valence-electron chi connectivity index (χ4n) is 6.08. The molecule has 0 aromatic carbocycles. The van der Waals surface area contributed by atoms with Crippen molar-refractivity contribution in [2.75, 3.05) is 19.6 Å². The van der Waals surface area contributed by atoms with Gasteiger partial charge in [-0.05, 0) is 55.2 Å². The number of urea groups is 1. The molecule has 1 atom stereocenters. The standard InChI is InChI=1S/C27H34N4O3S/c32-24(11-10-20-6-1-2-7-20)30-16-12-21(13-17-30)27(23-9-3-4-15-28-23)25(33)31(26(34)29-27)18-14-22-8-5-19-35-22/h3-5,8-9,15,19-21H,1-2,6-7,10-14,16-18H2,(H,29,34). The van der Waals surface area contributed by atoms with E-state index in [0.29, 0.717) is 56.9 Å². The van der Waals surface area contributed by atoms with Crippen LogP contribution in [0.25, 0.3) is 0 Å². The Hall–Kier alpha value is -2.74. The molecule has 3 aliphatic rings. The lowest BCUT2D eigenvalue weighted by molar-refractivity contribution is -0.136. The van der Waals surface area contributed by atoms with E-state index in [-0.39, 0.29) is 23.8 Å². The molecule has 1 unspecified atom stereocenters. The Morgan fingerprint density at radius 2 is 1.89 bits per heavy atom. The third kappa shape index (κ3) is 4.85. The second-order valence-corrected chi connectivity index (χ2v) is 11.1. The quantitative estimate of drug-likeness (QED) is 0.554. The van der Waals surface area contributed by atoms with Crippen molar-refractivity contribution >= 4 is 29.2 Å². The zero-order valence-electron chi connectivity index (χ0n) is 20.2. The number of nitrogens with one attached hydrogen (secondary N) is 1. The molecule has 4 heterocycles. The average molecular weight is 495 g/mol. The maximum absolute atomic E-state index is 13.9. The van der Waals surface area contributed by atoms with Gasteiger partial charge in [0, 0.05) is 43.0 Å². The van der Waals surface area contributed by atoms with Crippen molar-refractivity contribution in [3.63, 3.8) is 0 Å². The molecule has 7 nitrogen and oxygen atoms in total. The number of hydrogen-bond acceptors (Lipinski definition) is 5. The molecule has 4 amide bonds. The minimum absolute atomic E-state index is 0.112. The largest absolute Gasteiger partial charge is 0.343 e. The van der Waals surface area contributed by atoms with Gasteiger partial charge in [-0.1, -0.05) is 37.8 Å². The van der Waals surface area contributed by atoms with Gasteiger partial charge in [0.15, 0.2) is 5.54 Å². The first-order valence-electron chi connectivity index (χ1n) is 12.9. The van der Waals surface area contributed by atoms with Crippen LogP contribution in [0.4, 0.5) is 4.79 Å². The van der Waals surface area contributed by atoms with E-state index in [4.69, 9.17) is 0 Å². The second kappa shape index (κ2) is 10.5. The van der Waals surface area contributed by atoms with E-state index < -0.39 is 5.54 Å². The third-order valence-corrected chi connectivity index (χ3v) is 9.00. The molecule has 5 rings (SSSR count). The normalized spacial score (nSPS) is 23.8. The van der Waals surface area contributed by atoms with Crippen molar-refractivity contribution < 1.29 is 14.4 Å². The van der Waals surface area contributed by atoms with Gasteiger partial charge in [0.05, 0.1) is 5.69 Å². The number of carbonyl (C=O) groups is 3. The molecule has 186 valence electrons. The van der Waals surface area contributed by atoms with Crippen LogP contribution in [0.5, 0.6) is 0 Å². The van der Waals surface area contributed by atoms with Crippen LogP contribution in [-0.4, -0.2) is 52.3 Å². The first-order chi connectivity index (χ1) is 17.1. The molecule has 0 radical (unpaired) electrons. The smallest absolute Gasteiger partial charge is 0.325 e. The number of likely N-dealkylation sites (tertiary alicyclic amines) is 1. The lowest BCUT2D eigenvalue weighted by Crippen LogP contribution is -2.54. The predicted molar refractivity (Wildman–Crippen MR) is 135 cm³/mol. The highest BCUT2D eigenvalue weighted by atomic mass is 32.1. The molecule has 2 aliphatic heterocycles. The zero-order chi connectivity index (χ0) is 24.3. The van der Waals surface area contributed by atoms with Crippen molar-refractivity contribution in [2.24, 2.45) is 11.8 Å². The van der Waals surface area contributed by atoms with E-state index in [2.05, 4.69) is 10.3 Å². The first-order valence-corrected chi connectivity index (χ1v) is 13.8. The summed E-state index contributed by atoms with van der Waals surface area (Å²) >= 11 is 1.63. The van der Waals surface area contributed by atoms with E-state index >= 15 is 0 Å². The number of thiophene rings is 1. The van der Waals surface area contributed by atoms with Crippen molar-refractivity contribution in [2.45, 2.75) is 63.3 Å². The number of imide groups is 1. The average Bonchev–Trinajstić information content (AvgIpc) is 3.65. The minimum Gasteiger partial charge on any atom is -0.343 e. The molecule has 8 heteroatoms. The summed E-state index contributed by atoms with van der Waals surface area (Å²) in [6, 6.07) is 9.16. The second-order valence-electron chi connectivity index (χ2n) is 10.1. The molecule has 1 saturated carbocycles. The fraction of sp³-hybridized carbons (Fsp3) is 0.556. The van der Waals surface area contributed by atoms with Crippen molar-refractivity contribution in [3.8, 4) is 0 Å². The van der Waals surface area contributed by atoms with Crippen LogP contribution in [0, 0.1) is 11.8 Å². The van der Waals surface area contributed by atoms with Crippen molar-refractivity contribution in [1.82, 2.24) is 20.1 Å². The van der Waals surface area contributed by atoms with Gasteiger partial charge in [-0.15, -0.1) is 11.3 Å². The molecular weight excluding hydrogens is 460 g/mol. The van der Waals surface area contributed by atoms with Crippen LogP contribution in [0.15, 0.2) is 41.9 Å².